The maximum Gasteiger partial charge on any atom is 0.0519 e. The summed E-state index contributed by atoms with van der Waals surface area (Å²) in [6.07, 6.45) is 10.5. The molecular weight excluding hydrogens is 274 g/mol. The van der Waals surface area contributed by atoms with E-state index in [4.69, 9.17) is 11.6 Å². The zero-order chi connectivity index (χ0) is 13.5. The monoisotopic (exact) mass is 297 g/mol. The van der Waals surface area contributed by atoms with Crippen LogP contribution in [0.5, 0.6) is 0 Å². The third kappa shape index (κ3) is 4.94. The lowest BCUT2D eigenvalue weighted by atomic mass is 9.83. The molecule has 19 heavy (non-hydrogen) atoms. The van der Waals surface area contributed by atoms with E-state index < -0.39 is 0 Å². The Morgan fingerprint density at radius 2 is 2.21 bits per heavy atom. The van der Waals surface area contributed by atoms with Crippen LogP contribution in [0.2, 0.25) is 5.02 Å². The molecular formula is C16H24ClNS. The van der Waals surface area contributed by atoms with Crippen molar-refractivity contribution in [3.05, 3.63) is 26.9 Å². The van der Waals surface area contributed by atoms with Gasteiger partial charge in [-0.1, -0.05) is 43.4 Å². The topological polar surface area (TPSA) is 12.0 Å². The van der Waals surface area contributed by atoms with Gasteiger partial charge in [0.25, 0.3) is 0 Å². The normalized spacial score (nSPS) is 17.9. The van der Waals surface area contributed by atoms with Crippen LogP contribution in [0.3, 0.4) is 0 Å². The summed E-state index contributed by atoms with van der Waals surface area (Å²) in [5.41, 5.74) is 1.58. The lowest BCUT2D eigenvalue weighted by Crippen LogP contribution is -2.22. The molecule has 0 aliphatic heterocycles. The van der Waals surface area contributed by atoms with Crippen molar-refractivity contribution >= 4 is 29.0 Å². The third-order valence-electron chi connectivity index (χ3n) is 3.80. The molecule has 1 aromatic rings. The highest BCUT2D eigenvalue weighted by molar-refractivity contribution is 7.11. The van der Waals surface area contributed by atoms with Crippen molar-refractivity contribution < 1.29 is 0 Å². The Morgan fingerprint density at radius 3 is 2.84 bits per heavy atom. The molecule has 1 aromatic heterocycles. The van der Waals surface area contributed by atoms with E-state index in [1.54, 1.807) is 16.9 Å². The first-order chi connectivity index (χ1) is 9.29. The first kappa shape index (κ1) is 15.1. The molecule has 1 aliphatic carbocycles. The Bertz CT molecular complexity index is 405. The zero-order valence-corrected chi connectivity index (χ0v) is 13.3. The molecule has 1 heterocycles. The maximum absolute atomic E-state index is 6.02. The quantitative estimate of drug-likeness (QED) is 0.697. The van der Waals surface area contributed by atoms with E-state index >= 15 is 0 Å². The van der Waals surface area contributed by atoms with Gasteiger partial charge in [-0.2, -0.15) is 0 Å². The van der Waals surface area contributed by atoms with Gasteiger partial charge in [0, 0.05) is 16.8 Å². The number of hydrogen-bond donors (Lipinski definition) is 1. The predicted molar refractivity (Wildman–Crippen MR) is 87.0 cm³/mol. The van der Waals surface area contributed by atoms with E-state index in [0.29, 0.717) is 0 Å². The molecule has 0 amide bonds. The highest BCUT2D eigenvalue weighted by Gasteiger charge is 2.17. The van der Waals surface area contributed by atoms with Crippen molar-refractivity contribution in [2.24, 2.45) is 5.92 Å². The fourth-order valence-electron chi connectivity index (χ4n) is 2.78. The predicted octanol–water partition coefficient (Wildman–Crippen LogP) is 5.36. The molecule has 0 spiro atoms. The fraction of sp³-hybridized carbons (Fsp3) is 0.625. The lowest BCUT2D eigenvalue weighted by molar-refractivity contribution is 0.397. The smallest absolute Gasteiger partial charge is 0.0519 e. The highest BCUT2D eigenvalue weighted by Crippen LogP contribution is 2.32. The highest BCUT2D eigenvalue weighted by atomic mass is 35.5. The molecule has 0 aromatic carbocycles. The molecule has 1 aliphatic rings. The molecule has 1 saturated carbocycles. The summed E-state index contributed by atoms with van der Waals surface area (Å²) in [5.74, 6) is 0.777. The van der Waals surface area contributed by atoms with Crippen molar-refractivity contribution in [1.82, 2.24) is 5.32 Å². The van der Waals surface area contributed by atoms with Gasteiger partial charge in [0.2, 0.25) is 0 Å². The van der Waals surface area contributed by atoms with Crippen molar-refractivity contribution in [3.63, 3.8) is 0 Å². The van der Waals surface area contributed by atoms with Crippen molar-refractivity contribution in [3.8, 4) is 0 Å². The minimum absolute atomic E-state index is 0.777. The molecule has 0 bridgehead atoms. The Labute approximate surface area is 126 Å². The van der Waals surface area contributed by atoms with Gasteiger partial charge in [-0.15, -0.1) is 11.3 Å². The Hall–Kier alpha value is -0.310. The molecule has 0 radical (unpaired) electrons. The second kappa shape index (κ2) is 8.08. The lowest BCUT2D eigenvalue weighted by Gasteiger charge is -2.25. The van der Waals surface area contributed by atoms with Crippen LogP contribution in [-0.4, -0.2) is 13.1 Å². The summed E-state index contributed by atoms with van der Waals surface area (Å²) in [4.78, 5) is 1.30. The van der Waals surface area contributed by atoms with E-state index in [1.807, 2.05) is 5.38 Å². The fourth-order valence-corrected chi connectivity index (χ4v) is 3.83. The molecule has 0 unspecified atom stereocenters. The van der Waals surface area contributed by atoms with Crippen molar-refractivity contribution in [2.75, 3.05) is 13.1 Å². The van der Waals surface area contributed by atoms with E-state index in [0.717, 1.165) is 24.0 Å². The minimum atomic E-state index is 0.777. The maximum atomic E-state index is 6.02. The number of rotatable bonds is 6. The van der Waals surface area contributed by atoms with Crippen LogP contribution >= 0.6 is 22.9 Å². The van der Waals surface area contributed by atoms with E-state index in [-0.39, 0.29) is 0 Å². The summed E-state index contributed by atoms with van der Waals surface area (Å²) >= 11 is 7.77. The molecule has 0 saturated heterocycles. The van der Waals surface area contributed by atoms with Crippen LogP contribution in [-0.2, 0) is 0 Å². The summed E-state index contributed by atoms with van der Waals surface area (Å²) in [5, 5.41) is 6.44. The van der Waals surface area contributed by atoms with E-state index in [2.05, 4.69) is 24.4 Å². The largest absolute Gasteiger partial charge is 0.313 e. The molecule has 0 atom stereocenters. The zero-order valence-electron chi connectivity index (χ0n) is 11.8. The molecule has 1 fully saturated rings. The number of thiophene rings is 1. The summed E-state index contributed by atoms with van der Waals surface area (Å²) in [6.45, 7) is 4.36. The van der Waals surface area contributed by atoms with Crippen LogP contribution in [0.25, 0.3) is 6.08 Å². The van der Waals surface area contributed by atoms with Gasteiger partial charge in [-0.05, 0) is 43.9 Å². The SMILES string of the molecule is CCCNCC(=Cc1cc(Cl)cs1)C1CCCCC1. The summed E-state index contributed by atoms with van der Waals surface area (Å²) in [6, 6.07) is 2.08. The third-order valence-corrected chi connectivity index (χ3v) is 5.03. The first-order valence-electron chi connectivity index (χ1n) is 7.45. The molecule has 1 N–H and O–H groups in total. The minimum Gasteiger partial charge on any atom is -0.313 e. The number of nitrogens with one attached hydrogen (secondary N) is 1. The Balaban J connectivity index is 2.05. The van der Waals surface area contributed by atoms with E-state index in [9.17, 15) is 0 Å². The van der Waals surface area contributed by atoms with Crippen molar-refractivity contribution in [1.29, 1.82) is 0 Å². The number of hydrogen-bond acceptors (Lipinski definition) is 2. The molecule has 106 valence electrons. The Kier molecular flexibility index (Phi) is 6.42. The summed E-state index contributed by atoms with van der Waals surface area (Å²) < 4.78 is 0. The van der Waals surface area contributed by atoms with Crippen molar-refractivity contribution in [2.45, 2.75) is 45.4 Å². The molecule has 3 heteroatoms. The van der Waals surface area contributed by atoms with Gasteiger partial charge < -0.3 is 5.32 Å². The standard InChI is InChI=1S/C16H24ClNS/c1-2-8-18-11-14(13-6-4-3-5-7-13)9-16-10-15(17)12-19-16/h9-10,12-13,18H,2-8,11H2,1H3. The average Bonchev–Trinajstić information content (AvgIpc) is 2.84. The van der Waals surface area contributed by atoms with E-state index in [1.165, 1.54) is 43.4 Å². The van der Waals surface area contributed by atoms with Gasteiger partial charge in [-0.3, -0.25) is 0 Å². The van der Waals surface area contributed by atoms with Crippen LogP contribution in [0, 0.1) is 5.92 Å². The van der Waals surface area contributed by atoms with Crippen LogP contribution in [0.15, 0.2) is 17.0 Å². The van der Waals surface area contributed by atoms with Gasteiger partial charge >= 0.3 is 0 Å². The average molecular weight is 298 g/mol. The van der Waals surface area contributed by atoms with Crippen LogP contribution in [0.4, 0.5) is 0 Å². The van der Waals surface area contributed by atoms with Gasteiger partial charge in [0.1, 0.15) is 0 Å². The van der Waals surface area contributed by atoms with Crippen LogP contribution < -0.4 is 5.32 Å². The van der Waals surface area contributed by atoms with Gasteiger partial charge in [-0.25, -0.2) is 0 Å². The second-order valence-electron chi connectivity index (χ2n) is 5.40. The molecule has 1 nitrogen and oxygen atoms in total. The summed E-state index contributed by atoms with van der Waals surface area (Å²) in [7, 11) is 0. The van der Waals surface area contributed by atoms with Gasteiger partial charge in [0.15, 0.2) is 0 Å². The first-order valence-corrected chi connectivity index (χ1v) is 8.70. The Morgan fingerprint density at radius 1 is 1.42 bits per heavy atom. The molecule has 2 rings (SSSR count). The second-order valence-corrected chi connectivity index (χ2v) is 6.78. The number of halogens is 1. The van der Waals surface area contributed by atoms with Gasteiger partial charge in [0.05, 0.1) is 5.02 Å². The van der Waals surface area contributed by atoms with Crippen LogP contribution in [0.1, 0.15) is 50.3 Å².